The van der Waals surface area contributed by atoms with Crippen molar-refractivity contribution in [1.29, 1.82) is 0 Å². The van der Waals surface area contributed by atoms with Crippen molar-refractivity contribution in [3.8, 4) is 22.3 Å². The molecule has 2 aliphatic carbocycles. The Bertz CT molecular complexity index is 1810. The molecule has 0 saturated heterocycles. The number of aryl methyl sites for hydroxylation is 6. The number of hydrogen-bond donors (Lipinski definition) is 0. The van der Waals surface area contributed by atoms with Crippen LogP contribution in [-0.2, 0) is 38.5 Å². The van der Waals surface area contributed by atoms with Gasteiger partial charge in [0.1, 0.15) is 0 Å². The minimum absolute atomic E-state index is 0.489. The lowest BCUT2D eigenvalue weighted by Gasteiger charge is -2.39. The zero-order valence-electron chi connectivity index (χ0n) is 35.1. The highest BCUT2D eigenvalue weighted by molar-refractivity contribution is 6.81. The molecule has 6 rings (SSSR count). The summed E-state index contributed by atoms with van der Waals surface area (Å²) >= 11 is 0. The molecule has 53 heavy (non-hydrogen) atoms. The Labute approximate surface area is 325 Å². The maximum absolute atomic E-state index is 2.72. The molecule has 0 saturated carbocycles. The van der Waals surface area contributed by atoms with Gasteiger partial charge in [0.15, 0.2) is 0 Å². The van der Waals surface area contributed by atoms with Crippen LogP contribution in [0.1, 0.15) is 161 Å². The van der Waals surface area contributed by atoms with Crippen LogP contribution in [0.4, 0.5) is 0 Å². The maximum Gasteiger partial charge on any atom is 0.0722 e. The van der Waals surface area contributed by atoms with Crippen molar-refractivity contribution in [1.82, 2.24) is 0 Å². The summed E-state index contributed by atoms with van der Waals surface area (Å²) < 4.78 is 0. The fourth-order valence-corrected chi connectivity index (χ4v) is 15.4. The number of benzene rings is 4. The van der Waals surface area contributed by atoms with E-state index in [1.54, 1.807) is 22.3 Å². The standard InChI is InChI=1S/C52H68Si/c1-11-17-37-25-38(18-12-2)28-43(27-37)45-31-41(21-15-5)33-49-47(45)23-35(7)51(49)53(9,10)52-36(8)24-48-46(32-42(22-16-6)34-50(48)52)44-29-39(19-13-3)26-40(30-44)20-14-4/h23-34,51-52H,11-22H2,1-10H3. The first kappa shape index (κ1) is 39.3. The first-order valence-corrected chi connectivity index (χ1v) is 24.7. The molecule has 2 aliphatic rings. The molecule has 4 aromatic carbocycles. The lowest BCUT2D eigenvalue weighted by Crippen LogP contribution is -2.42. The monoisotopic (exact) mass is 721 g/mol. The van der Waals surface area contributed by atoms with Crippen molar-refractivity contribution >= 4 is 20.2 Å². The van der Waals surface area contributed by atoms with Gasteiger partial charge in [0.2, 0.25) is 0 Å². The van der Waals surface area contributed by atoms with Crippen molar-refractivity contribution in [2.24, 2.45) is 0 Å². The average Bonchev–Trinajstić information content (AvgIpc) is 3.64. The topological polar surface area (TPSA) is 0 Å². The second-order valence-corrected chi connectivity index (χ2v) is 22.1. The fourth-order valence-electron chi connectivity index (χ4n) is 10.4. The molecule has 0 spiro atoms. The van der Waals surface area contributed by atoms with E-state index in [1.165, 1.54) is 105 Å². The predicted molar refractivity (Wildman–Crippen MR) is 238 cm³/mol. The lowest BCUT2D eigenvalue weighted by molar-refractivity contribution is 0.895. The minimum atomic E-state index is -2.04. The maximum atomic E-state index is 2.72. The second kappa shape index (κ2) is 16.9. The summed E-state index contributed by atoms with van der Waals surface area (Å²) in [6, 6.07) is 25.4. The molecule has 0 radical (unpaired) electrons. The third-order valence-corrected chi connectivity index (χ3v) is 16.8. The summed E-state index contributed by atoms with van der Waals surface area (Å²) in [5.74, 6) is 0. The van der Waals surface area contributed by atoms with Crippen LogP contribution in [0.5, 0.6) is 0 Å². The molecule has 0 bridgehead atoms. The molecule has 1 heteroatoms. The Morgan fingerprint density at radius 2 is 0.679 bits per heavy atom. The van der Waals surface area contributed by atoms with Gasteiger partial charge in [-0.05, 0) is 130 Å². The highest BCUT2D eigenvalue weighted by Crippen LogP contribution is 2.55. The highest BCUT2D eigenvalue weighted by Gasteiger charge is 2.47. The Morgan fingerprint density at radius 1 is 0.396 bits per heavy atom. The largest absolute Gasteiger partial charge is 0.0722 e. The molecule has 280 valence electrons. The molecule has 0 aromatic heterocycles. The Morgan fingerprint density at radius 3 is 0.962 bits per heavy atom. The fraction of sp³-hybridized carbons (Fsp3) is 0.462. The second-order valence-electron chi connectivity index (χ2n) is 17.3. The van der Waals surface area contributed by atoms with Crippen LogP contribution in [0.25, 0.3) is 34.4 Å². The SMILES string of the molecule is CCCc1cc(CCC)cc(-c2cc(CCC)cc3c2C=C(C)C3[Si](C)(C)C2C(C)=Cc3c(-c4cc(CCC)cc(CCC)c4)cc(CCC)cc32)c1. The van der Waals surface area contributed by atoms with E-state index in [9.17, 15) is 0 Å². The van der Waals surface area contributed by atoms with E-state index >= 15 is 0 Å². The quantitative estimate of drug-likeness (QED) is 0.101. The minimum Gasteiger partial charge on any atom is -0.0679 e. The zero-order chi connectivity index (χ0) is 37.9. The molecule has 0 N–H and O–H groups in total. The highest BCUT2D eigenvalue weighted by atomic mass is 28.3. The molecule has 0 nitrogen and oxygen atoms in total. The summed E-state index contributed by atoms with van der Waals surface area (Å²) in [5, 5.41) is 0. The van der Waals surface area contributed by atoms with Gasteiger partial charge in [0, 0.05) is 11.1 Å². The summed E-state index contributed by atoms with van der Waals surface area (Å²) in [5.41, 5.74) is 25.2. The van der Waals surface area contributed by atoms with Gasteiger partial charge in [-0.15, -0.1) is 0 Å². The van der Waals surface area contributed by atoms with Gasteiger partial charge < -0.3 is 0 Å². The van der Waals surface area contributed by atoms with Gasteiger partial charge in [-0.1, -0.05) is 177 Å². The van der Waals surface area contributed by atoms with E-state index in [1.807, 2.05) is 0 Å². The molecular formula is C52H68Si. The number of fused-ring (bicyclic) bond motifs is 2. The van der Waals surface area contributed by atoms with E-state index in [-0.39, 0.29) is 0 Å². The number of hydrogen-bond acceptors (Lipinski definition) is 0. The summed E-state index contributed by atoms with van der Waals surface area (Å²) in [7, 11) is -2.04. The van der Waals surface area contributed by atoms with Crippen molar-refractivity contribution in [3.05, 3.63) is 127 Å². The van der Waals surface area contributed by atoms with Crippen molar-refractivity contribution in [2.45, 2.75) is 157 Å². The predicted octanol–water partition coefficient (Wildman–Crippen LogP) is 15.2. The summed E-state index contributed by atoms with van der Waals surface area (Å²) in [6.07, 6.45) is 19.2. The summed E-state index contributed by atoms with van der Waals surface area (Å²) in [6.45, 7) is 24.3. The van der Waals surface area contributed by atoms with Gasteiger partial charge in [0.25, 0.3) is 0 Å². The molecule has 2 atom stereocenters. The lowest BCUT2D eigenvalue weighted by atomic mass is 9.90. The molecule has 0 amide bonds. The van der Waals surface area contributed by atoms with E-state index in [0.29, 0.717) is 11.1 Å². The van der Waals surface area contributed by atoms with Crippen molar-refractivity contribution in [2.75, 3.05) is 0 Å². The molecule has 2 unspecified atom stereocenters. The Balaban J connectivity index is 1.50. The zero-order valence-corrected chi connectivity index (χ0v) is 36.1. The normalized spacial score (nSPS) is 16.5. The van der Waals surface area contributed by atoms with E-state index in [2.05, 4.69) is 141 Å². The molecule has 0 aliphatic heterocycles. The van der Waals surface area contributed by atoms with Gasteiger partial charge >= 0.3 is 0 Å². The first-order chi connectivity index (χ1) is 25.6. The average molecular weight is 721 g/mol. The van der Waals surface area contributed by atoms with E-state index < -0.39 is 8.07 Å². The van der Waals surface area contributed by atoms with Gasteiger partial charge in [-0.3, -0.25) is 0 Å². The van der Waals surface area contributed by atoms with Crippen LogP contribution >= 0.6 is 0 Å². The molecule has 0 fully saturated rings. The Kier molecular flexibility index (Phi) is 12.6. The number of allylic oxidation sites excluding steroid dienone is 2. The third-order valence-electron chi connectivity index (χ3n) is 12.3. The van der Waals surface area contributed by atoms with Crippen LogP contribution in [0.3, 0.4) is 0 Å². The smallest absolute Gasteiger partial charge is 0.0679 e. The molecule has 0 heterocycles. The van der Waals surface area contributed by atoms with Gasteiger partial charge in [-0.2, -0.15) is 0 Å². The van der Waals surface area contributed by atoms with Gasteiger partial charge in [0.05, 0.1) is 8.07 Å². The van der Waals surface area contributed by atoms with Crippen LogP contribution in [0.2, 0.25) is 13.1 Å². The van der Waals surface area contributed by atoms with E-state index in [4.69, 9.17) is 0 Å². The Hall–Kier alpha value is -3.42. The van der Waals surface area contributed by atoms with Crippen LogP contribution in [0, 0.1) is 0 Å². The molecular weight excluding hydrogens is 653 g/mol. The first-order valence-electron chi connectivity index (χ1n) is 21.5. The number of rotatable bonds is 16. The van der Waals surface area contributed by atoms with Crippen LogP contribution < -0.4 is 0 Å². The molecule has 4 aromatic rings. The van der Waals surface area contributed by atoms with Crippen LogP contribution in [0.15, 0.2) is 71.8 Å². The van der Waals surface area contributed by atoms with Crippen LogP contribution in [-0.4, -0.2) is 8.07 Å². The van der Waals surface area contributed by atoms with Crippen molar-refractivity contribution in [3.63, 3.8) is 0 Å². The van der Waals surface area contributed by atoms with E-state index in [0.717, 1.165) is 38.5 Å². The third kappa shape index (κ3) is 8.03. The van der Waals surface area contributed by atoms with Crippen molar-refractivity contribution < 1.29 is 0 Å². The van der Waals surface area contributed by atoms with Gasteiger partial charge in [-0.25, -0.2) is 0 Å². The summed E-state index contributed by atoms with van der Waals surface area (Å²) in [4.78, 5) is 0.